The summed E-state index contributed by atoms with van der Waals surface area (Å²) >= 11 is 0. The number of hydrogen-bond acceptors (Lipinski definition) is 5. The normalized spacial score (nSPS) is 14.4. The number of carboxylic acid groups (broad SMARTS) is 1. The average molecular weight is 478 g/mol. The molecule has 0 unspecified atom stereocenters. The van der Waals surface area contributed by atoms with E-state index in [1.807, 2.05) is 23.9 Å². The molecule has 5 rings (SSSR count). The van der Waals surface area contributed by atoms with Crippen LogP contribution in [0.5, 0.6) is 0 Å². The Hall–Kier alpha value is -4.28. The minimum atomic E-state index is -0.914. The van der Waals surface area contributed by atoms with E-state index in [2.05, 4.69) is 10.3 Å². The minimum absolute atomic E-state index is 0.0718. The number of likely N-dealkylation sites (tertiary alicyclic amines) is 1. The lowest BCUT2D eigenvalue weighted by Crippen LogP contribution is -2.37. The summed E-state index contributed by atoms with van der Waals surface area (Å²) < 4.78 is 17.1. The van der Waals surface area contributed by atoms with Crippen molar-refractivity contribution in [1.82, 2.24) is 29.3 Å². The lowest BCUT2D eigenvalue weighted by Gasteiger charge is -2.30. The molecule has 4 heterocycles. The van der Waals surface area contributed by atoms with E-state index < -0.39 is 6.09 Å². The van der Waals surface area contributed by atoms with Crippen molar-refractivity contribution in [2.45, 2.75) is 25.7 Å². The first-order chi connectivity index (χ1) is 16.8. The molecule has 35 heavy (non-hydrogen) atoms. The van der Waals surface area contributed by atoms with Crippen molar-refractivity contribution >= 4 is 23.5 Å². The molecular formula is C24H24FN7O3. The van der Waals surface area contributed by atoms with E-state index in [4.69, 9.17) is 10.2 Å². The Kier molecular flexibility index (Phi) is 5.67. The first-order valence-corrected chi connectivity index (χ1v) is 11.2. The van der Waals surface area contributed by atoms with Gasteiger partial charge in [0.25, 0.3) is 0 Å². The van der Waals surface area contributed by atoms with Crippen LogP contribution in [0.25, 0.3) is 28.2 Å². The van der Waals surface area contributed by atoms with Gasteiger partial charge in [0.1, 0.15) is 11.5 Å². The zero-order valence-corrected chi connectivity index (χ0v) is 19.3. The maximum Gasteiger partial charge on any atom is 0.407 e. The van der Waals surface area contributed by atoms with E-state index in [1.54, 1.807) is 22.8 Å². The third-order valence-electron chi connectivity index (χ3n) is 6.24. The number of benzene rings is 1. The maximum absolute atomic E-state index is 13.6. The molecule has 1 aliphatic heterocycles. The van der Waals surface area contributed by atoms with Crippen LogP contribution in [0.4, 0.5) is 15.0 Å². The molecular weight excluding hydrogens is 453 g/mol. The number of aromatic nitrogens is 5. The summed E-state index contributed by atoms with van der Waals surface area (Å²) in [5.41, 5.74) is 4.39. The molecule has 1 aromatic carbocycles. The Morgan fingerprint density at radius 1 is 1.09 bits per heavy atom. The summed E-state index contributed by atoms with van der Waals surface area (Å²) in [6, 6.07) is 9.81. The molecule has 2 N–H and O–H groups in total. The van der Waals surface area contributed by atoms with E-state index in [9.17, 15) is 19.1 Å². The standard InChI is InChI=1S/C24H24FN7O3/c1-14(33)26-19-13-32-20(27-19)8-7-18(28-32)21-22(15-3-5-17(25)6-4-15)29-30(2)23(21)16-9-11-31(12-10-16)24(34)35/h3-8,13,16H,9-12H2,1-2H3,(H,26,33)(H,34,35). The number of fused-ring (bicyclic) bond motifs is 1. The maximum atomic E-state index is 13.6. The van der Waals surface area contributed by atoms with E-state index in [1.165, 1.54) is 24.0 Å². The molecule has 0 radical (unpaired) electrons. The number of rotatable bonds is 4. The highest BCUT2D eigenvalue weighted by Crippen LogP contribution is 2.40. The van der Waals surface area contributed by atoms with Crippen LogP contribution in [-0.2, 0) is 11.8 Å². The van der Waals surface area contributed by atoms with Gasteiger partial charge in [-0.25, -0.2) is 18.7 Å². The number of nitrogens with zero attached hydrogens (tertiary/aromatic N) is 6. The van der Waals surface area contributed by atoms with Crippen molar-refractivity contribution in [3.63, 3.8) is 0 Å². The number of anilines is 1. The second kappa shape index (κ2) is 8.82. The fourth-order valence-electron chi connectivity index (χ4n) is 4.67. The monoisotopic (exact) mass is 477 g/mol. The Morgan fingerprint density at radius 2 is 1.80 bits per heavy atom. The number of aryl methyl sites for hydroxylation is 1. The van der Waals surface area contributed by atoms with Crippen LogP contribution in [0.2, 0.25) is 0 Å². The summed E-state index contributed by atoms with van der Waals surface area (Å²) in [7, 11) is 1.86. The van der Waals surface area contributed by atoms with Gasteiger partial charge in [0, 0.05) is 38.5 Å². The van der Waals surface area contributed by atoms with Gasteiger partial charge in [-0.15, -0.1) is 0 Å². The number of nitrogens with one attached hydrogen (secondary N) is 1. The number of imidazole rings is 1. The largest absolute Gasteiger partial charge is 0.465 e. The summed E-state index contributed by atoms with van der Waals surface area (Å²) in [5, 5.41) is 21.6. The van der Waals surface area contributed by atoms with Crippen LogP contribution < -0.4 is 5.32 Å². The Labute approximate surface area is 200 Å². The lowest BCUT2D eigenvalue weighted by molar-refractivity contribution is -0.114. The zero-order valence-electron chi connectivity index (χ0n) is 19.3. The number of carbonyl (C=O) groups is 2. The Bertz CT molecular complexity index is 1420. The van der Waals surface area contributed by atoms with E-state index in [-0.39, 0.29) is 17.6 Å². The highest BCUT2D eigenvalue weighted by molar-refractivity contribution is 5.88. The fourth-order valence-corrected chi connectivity index (χ4v) is 4.67. The number of piperidine rings is 1. The third-order valence-corrected chi connectivity index (χ3v) is 6.24. The van der Waals surface area contributed by atoms with Crippen molar-refractivity contribution < 1.29 is 19.1 Å². The van der Waals surface area contributed by atoms with Gasteiger partial charge < -0.3 is 15.3 Å². The first kappa shape index (κ1) is 22.5. The predicted molar refractivity (Wildman–Crippen MR) is 126 cm³/mol. The molecule has 180 valence electrons. The number of halogens is 1. The molecule has 0 aliphatic carbocycles. The number of amides is 2. The van der Waals surface area contributed by atoms with Gasteiger partial charge in [-0.3, -0.25) is 9.48 Å². The van der Waals surface area contributed by atoms with Gasteiger partial charge in [-0.05, 0) is 49.2 Å². The van der Waals surface area contributed by atoms with Crippen molar-refractivity contribution in [3.8, 4) is 22.5 Å². The van der Waals surface area contributed by atoms with Crippen molar-refractivity contribution in [2.24, 2.45) is 7.05 Å². The summed E-state index contributed by atoms with van der Waals surface area (Å²) in [5.74, 6) is -0.0960. The Balaban J connectivity index is 1.63. The van der Waals surface area contributed by atoms with Crippen LogP contribution in [0.15, 0.2) is 42.6 Å². The SMILES string of the molecule is CC(=O)Nc1cn2nc(-c3c(-c4ccc(F)cc4)nn(C)c3C3CCN(C(=O)O)CC3)ccc2n1. The molecule has 10 nitrogen and oxygen atoms in total. The second-order valence-electron chi connectivity index (χ2n) is 8.61. The van der Waals surface area contributed by atoms with Gasteiger partial charge >= 0.3 is 6.09 Å². The molecule has 0 saturated carbocycles. The van der Waals surface area contributed by atoms with Crippen LogP contribution in [0.3, 0.4) is 0 Å². The van der Waals surface area contributed by atoms with Crippen molar-refractivity contribution in [3.05, 3.63) is 54.1 Å². The molecule has 0 spiro atoms. The van der Waals surface area contributed by atoms with E-state index >= 15 is 0 Å². The van der Waals surface area contributed by atoms with Crippen LogP contribution in [-0.4, -0.2) is 59.5 Å². The van der Waals surface area contributed by atoms with E-state index in [0.717, 1.165) is 16.8 Å². The molecule has 0 bridgehead atoms. The summed E-state index contributed by atoms with van der Waals surface area (Å²) in [4.78, 5) is 28.6. The van der Waals surface area contributed by atoms with Gasteiger partial charge in [-0.1, -0.05) is 0 Å². The average Bonchev–Trinajstić information content (AvgIpc) is 3.38. The van der Waals surface area contributed by atoms with Crippen LogP contribution in [0, 0.1) is 5.82 Å². The molecule has 3 aromatic heterocycles. The summed E-state index contributed by atoms with van der Waals surface area (Å²) in [6.07, 6.45) is 2.03. The third kappa shape index (κ3) is 4.32. The molecule has 1 aliphatic rings. The van der Waals surface area contributed by atoms with Crippen LogP contribution >= 0.6 is 0 Å². The van der Waals surface area contributed by atoms with Gasteiger partial charge in [0.15, 0.2) is 11.5 Å². The molecule has 0 atom stereocenters. The van der Waals surface area contributed by atoms with E-state index in [0.29, 0.717) is 48.8 Å². The van der Waals surface area contributed by atoms with Gasteiger partial charge in [0.2, 0.25) is 5.91 Å². The molecule has 2 amide bonds. The summed E-state index contributed by atoms with van der Waals surface area (Å²) in [6.45, 7) is 2.28. The molecule has 1 saturated heterocycles. The van der Waals surface area contributed by atoms with Crippen LogP contribution in [0.1, 0.15) is 31.4 Å². The predicted octanol–water partition coefficient (Wildman–Crippen LogP) is 3.75. The van der Waals surface area contributed by atoms with Gasteiger partial charge in [-0.2, -0.15) is 10.2 Å². The van der Waals surface area contributed by atoms with Gasteiger partial charge in [0.05, 0.1) is 23.1 Å². The topological polar surface area (TPSA) is 118 Å². The fraction of sp³-hybridized carbons (Fsp3) is 0.292. The van der Waals surface area contributed by atoms with Crippen molar-refractivity contribution in [2.75, 3.05) is 18.4 Å². The minimum Gasteiger partial charge on any atom is -0.465 e. The highest BCUT2D eigenvalue weighted by atomic mass is 19.1. The van der Waals surface area contributed by atoms with Crippen molar-refractivity contribution in [1.29, 1.82) is 0 Å². The molecule has 1 fully saturated rings. The Morgan fingerprint density at radius 3 is 2.46 bits per heavy atom. The quantitative estimate of drug-likeness (QED) is 0.462. The number of carbonyl (C=O) groups excluding carboxylic acids is 1. The first-order valence-electron chi connectivity index (χ1n) is 11.2. The smallest absolute Gasteiger partial charge is 0.407 e. The molecule has 4 aromatic rings. The highest BCUT2D eigenvalue weighted by Gasteiger charge is 2.31. The second-order valence-corrected chi connectivity index (χ2v) is 8.61. The lowest BCUT2D eigenvalue weighted by atomic mass is 9.88. The number of hydrogen-bond donors (Lipinski definition) is 2. The zero-order chi connectivity index (χ0) is 24.7. The molecule has 11 heteroatoms.